The van der Waals surface area contributed by atoms with Gasteiger partial charge in [-0.15, -0.1) is 0 Å². The fourth-order valence-electron chi connectivity index (χ4n) is 1.91. The highest BCUT2D eigenvalue weighted by molar-refractivity contribution is 7.80. The van der Waals surface area contributed by atoms with Gasteiger partial charge >= 0.3 is 0 Å². The second kappa shape index (κ2) is 4.88. The second-order valence-corrected chi connectivity index (χ2v) is 5.22. The monoisotopic (exact) mass is 299 g/mol. The second-order valence-electron chi connectivity index (χ2n) is 3.93. The molecule has 1 heterocycles. The molecule has 0 aliphatic carbocycles. The minimum absolute atomic E-state index is 0.318. The summed E-state index contributed by atoms with van der Waals surface area (Å²) in [6.45, 7) is 1.92. The molecule has 0 amide bonds. The standard InChI is InChI=1S/C12H11Cl2N3S/c1-6-10(16-17(2)11(6)12(15)18)8-4-3-7(13)5-9(8)14/h3-5H,1-2H3,(H2,15,18). The Hall–Kier alpha value is -1.10. The minimum atomic E-state index is 0.318. The largest absolute Gasteiger partial charge is 0.388 e. The lowest BCUT2D eigenvalue weighted by Gasteiger charge is -2.03. The van der Waals surface area contributed by atoms with Crippen molar-refractivity contribution < 1.29 is 0 Å². The molecule has 0 atom stereocenters. The van der Waals surface area contributed by atoms with E-state index in [2.05, 4.69) is 5.10 Å². The van der Waals surface area contributed by atoms with Crippen LogP contribution in [-0.4, -0.2) is 14.8 Å². The summed E-state index contributed by atoms with van der Waals surface area (Å²) < 4.78 is 1.66. The Bertz CT molecular complexity index is 634. The zero-order chi connectivity index (χ0) is 13.4. The first-order valence-corrected chi connectivity index (χ1v) is 6.37. The fraction of sp³-hybridized carbons (Fsp3) is 0.167. The Balaban J connectivity index is 2.65. The number of hydrogen-bond acceptors (Lipinski definition) is 2. The molecule has 0 saturated heterocycles. The maximum absolute atomic E-state index is 6.18. The zero-order valence-electron chi connectivity index (χ0n) is 9.87. The van der Waals surface area contributed by atoms with Crippen LogP contribution < -0.4 is 5.73 Å². The third-order valence-electron chi connectivity index (χ3n) is 2.70. The van der Waals surface area contributed by atoms with E-state index < -0.39 is 0 Å². The molecule has 1 aromatic heterocycles. The number of nitrogens with zero attached hydrogens (tertiary/aromatic N) is 2. The van der Waals surface area contributed by atoms with E-state index in [9.17, 15) is 0 Å². The van der Waals surface area contributed by atoms with Crippen LogP contribution in [0.2, 0.25) is 10.0 Å². The van der Waals surface area contributed by atoms with E-state index in [0.717, 1.165) is 22.5 Å². The highest BCUT2D eigenvalue weighted by Crippen LogP contribution is 2.32. The quantitative estimate of drug-likeness (QED) is 0.865. The van der Waals surface area contributed by atoms with Crippen LogP contribution in [0.25, 0.3) is 11.3 Å². The average molecular weight is 300 g/mol. The zero-order valence-corrected chi connectivity index (χ0v) is 12.2. The molecule has 0 spiro atoms. The minimum Gasteiger partial charge on any atom is -0.388 e. The van der Waals surface area contributed by atoms with Crippen molar-refractivity contribution in [3.63, 3.8) is 0 Å². The molecule has 0 unspecified atom stereocenters. The van der Waals surface area contributed by atoms with E-state index in [1.165, 1.54) is 0 Å². The van der Waals surface area contributed by atoms with E-state index >= 15 is 0 Å². The van der Waals surface area contributed by atoms with Crippen LogP contribution in [0.4, 0.5) is 0 Å². The Morgan fingerprint density at radius 3 is 2.56 bits per heavy atom. The van der Waals surface area contributed by atoms with Crippen molar-refractivity contribution in [2.45, 2.75) is 6.92 Å². The molecular weight excluding hydrogens is 289 g/mol. The van der Waals surface area contributed by atoms with E-state index in [0.29, 0.717) is 15.0 Å². The van der Waals surface area contributed by atoms with Crippen LogP contribution >= 0.6 is 35.4 Å². The van der Waals surface area contributed by atoms with Crippen molar-refractivity contribution in [2.75, 3.05) is 0 Å². The third-order valence-corrected chi connectivity index (χ3v) is 3.44. The Labute approximate surface area is 120 Å². The first kappa shape index (κ1) is 13.3. The van der Waals surface area contributed by atoms with Gasteiger partial charge in [-0.1, -0.05) is 35.4 Å². The third kappa shape index (κ3) is 2.23. The highest BCUT2D eigenvalue weighted by Gasteiger charge is 2.17. The van der Waals surface area contributed by atoms with Crippen molar-refractivity contribution in [3.05, 3.63) is 39.5 Å². The highest BCUT2D eigenvalue weighted by atomic mass is 35.5. The summed E-state index contributed by atoms with van der Waals surface area (Å²) in [5.41, 5.74) is 8.92. The molecule has 0 radical (unpaired) electrons. The molecule has 0 aliphatic heterocycles. The van der Waals surface area contributed by atoms with Crippen LogP contribution in [0, 0.1) is 6.92 Å². The molecule has 94 valence electrons. The molecule has 0 bridgehead atoms. The maximum Gasteiger partial charge on any atom is 0.122 e. The van der Waals surface area contributed by atoms with Crippen LogP contribution in [0.15, 0.2) is 18.2 Å². The van der Waals surface area contributed by atoms with Gasteiger partial charge < -0.3 is 5.73 Å². The molecular formula is C12H11Cl2N3S. The van der Waals surface area contributed by atoms with Crippen LogP contribution in [0.3, 0.4) is 0 Å². The normalized spacial score (nSPS) is 10.7. The van der Waals surface area contributed by atoms with E-state index in [1.54, 1.807) is 23.9 Å². The van der Waals surface area contributed by atoms with Crippen LogP contribution in [0.5, 0.6) is 0 Å². The van der Waals surface area contributed by atoms with Gasteiger partial charge in [0.15, 0.2) is 0 Å². The molecule has 2 aromatic rings. The smallest absolute Gasteiger partial charge is 0.122 e. The van der Waals surface area contributed by atoms with E-state index in [-0.39, 0.29) is 0 Å². The number of hydrogen-bond donors (Lipinski definition) is 1. The molecule has 3 nitrogen and oxygen atoms in total. The fourth-order valence-corrected chi connectivity index (χ4v) is 2.69. The molecule has 2 rings (SSSR count). The first-order chi connectivity index (χ1) is 8.41. The van der Waals surface area contributed by atoms with E-state index in [1.807, 2.05) is 13.0 Å². The predicted molar refractivity (Wildman–Crippen MR) is 79.3 cm³/mol. The van der Waals surface area contributed by atoms with Gasteiger partial charge in [-0.2, -0.15) is 5.10 Å². The topological polar surface area (TPSA) is 43.8 Å². The predicted octanol–water partition coefficient (Wildman–Crippen LogP) is 3.34. The number of aromatic nitrogens is 2. The number of halogens is 2. The van der Waals surface area contributed by atoms with Crippen LogP contribution in [-0.2, 0) is 7.05 Å². The van der Waals surface area contributed by atoms with Gasteiger partial charge in [0.1, 0.15) is 4.99 Å². The number of nitrogens with two attached hydrogens (primary N) is 1. The Morgan fingerprint density at radius 2 is 2.06 bits per heavy atom. The molecule has 1 aromatic carbocycles. The molecule has 0 saturated carbocycles. The van der Waals surface area contributed by atoms with Crippen molar-refractivity contribution in [1.29, 1.82) is 0 Å². The van der Waals surface area contributed by atoms with Crippen molar-refractivity contribution in [1.82, 2.24) is 9.78 Å². The Kier molecular flexibility index (Phi) is 3.61. The van der Waals surface area contributed by atoms with Gasteiger partial charge in [0.2, 0.25) is 0 Å². The molecule has 6 heteroatoms. The lowest BCUT2D eigenvalue weighted by molar-refractivity contribution is 0.763. The van der Waals surface area contributed by atoms with Gasteiger partial charge in [0.05, 0.1) is 16.4 Å². The number of benzene rings is 1. The summed E-state index contributed by atoms with van der Waals surface area (Å²) in [7, 11) is 1.80. The average Bonchev–Trinajstić information content (AvgIpc) is 2.54. The van der Waals surface area contributed by atoms with Gasteiger partial charge in [0, 0.05) is 23.2 Å². The summed E-state index contributed by atoms with van der Waals surface area (Å²) in [5.74, 6) is 0. The van der Waals surface area contributed by atoms with Gasteiger partial charge in [-0.25, -0.2) is 0 Å². The molecule has 2 N–H and O–H groups in total. The van der Waals surface area contributed by atoms with Crippen molar-refractivity contribution in [2.24, 2.45) is 12.8 Å². The Morgan fingerprint density at radius 1 is 1.39 bits per heavy atom. The summed E-state index contributed by atoms with van der Waals surface area (Å²) in [6, 6.07) is 5.30. The van der Waals surface area contributed by atoms with Crippen molar-refractivity contribution >= 4 is 40.4 Å². The van der Waals surface area contributed by atoms with Crippen LogP contribution in [0.1, 0.15) is 11.3 Å². The summed E-state index contributed by atoms with van der Waals surface area (Å²) in [5, 5.41) is 5.56. The lowest BCUT2D eigenvalue weighted by atomic mass is 10.1. The molecule has 0 aliphatic rings. The number of thiocarbonyl (C=S) groups is 1. The first-order valence-electron chi connectivity index (χ1n) is 5.20. The van der Waals surface area contributed by atoms with Gasteiger partial charge in [-0.3, -0.25) is 4.68 Å². The number of rotatable bonds is 2. The molecule has 18 heavy (non-hydrogen) atoms. The van der Waals surface area contributed by atoms with Crippen molar-refractivity contribution in [3.8, 4) is 11.3 Å². The summed E-state index contributed by atoms with van der Waals surface area (Å²) >= 11 is 17.1. The van der Waals surface area contributed by atoms with Gasteiger partial charge in [0.25, 0.3) is 0 Å². The SMILES string of the molecule is Cc1c(-c2ccc(Cl)cc2Cl)nn(C)c1C(N)=S. The number of aryl methyl sites for hydroxylation is 1. The summed E-state index contributed by atoms with van der Waals surface area (Å²) in [6.07, 6.45) is 0. The van der Waals surface area contributed by atoms with Gasteiger partial charge in [-0.05, 0) is 25.1 Å². The molecule has 0 fully saturated rings. The lowest BCUT2D eigenvalue weighted by Crippen LogP contribution is -2.15. The maximum atomic E-state index is 6.18. The van der Waals surface area contributed by atoms with E-state index in [4.69, 9.17) is 41.2 Å². The summed E-state index contributed by atoms with van der Waals surface area (Å²) in [4.78, 5) is 0.318.